The number of nitrogens with one attached hydrogen (secondary N) is 1. The molecular weight excluding hydrogens is 429 g/mol. The van der Waals surface area contributed by atoms with Gasteiger partial charge in [0, 0.05) is 18.3 Å². The van der Waals surface area contributed by atoms with Gasteiger partial charge in [-0.3, -0.25) is 9.78 Å². The topological polar surface area (TPSA) is 168 Å². The number of benzene rings is 1. The molecule has 1 aromatic carbocycles. The van der Waals surface area contributed by atoms with E-state index in [9.17, 15) is 35.2 Å². The second kappa shape index (κ2) is 8.48. The van der Waals surface area contributed by atoms with E-state index in [1.54, 1.807) is 44.2 Å². The minimum Gasteiger partial charge on any atom is -0.393 e. The van der Waals surface area contributed by atoms with Gasteiger partial charge in [-0.15, -0.1) is 5.06 Å². The first kappa shape index (κ1) is 24.2. The minimum absolute atomic E-state index is 0.0346. The number of hydrogen-bond acceptors (Lipinski definition) is 9. The first-order valence-corrected chi connectivity index (χ1v) is 9.91. The van der Waals surface area contributed by atoms with E-state index in [1.165, 1.54) is 0 Å². The van der Waals surface area contributed by atoms with Gasteiger partial charge in [0.1, 0.15) is 6.10 Å². The summed E-state index contributed by atoms with van der Waals surface area (Å²) in [4.78, 5) is 26.5. The summed E-state index contributed by atoms with van der Waals surface area (Å²) in [6, 6.07) is 8.55. The van der Waals surface area contributed by atoms with Crippen LogP contribution in [0.1, 0.15) is 30.9 Å². The Morgan fingerprint density at radius 1 is 1.22 bits per heavy atom. The Hall–Kier alpha value is -2.45. The zero-order valence-electron chi connectivity index (χ0n) is 17.5. The molecule has 1 aliphatic rings. The maximum Gasteiger partial charge on any atom is 0.332 e. The van der Waals surface area contributed by atoms with E-state index < -0.39 is 53.9 Å². The molecule has 0 spiro atoms. The Labute approximate surface area is 181 Å². The van der Waals surface area contributed by atoms with Gasteiger partial charge in [0.05, 0.1) is 6.61 Å². The molecule has 0 aliphatic carbocycles. The van der Waals surface area contributed by atoms with Crippen molar-refractivity contribution in [3.63, 3.8) is 0 Å². The monoisotopic (exact) mass is 455 g/mol. The standard InChI is InChI=1S/C20H26FN3O8/c1-12(2)14-10-23(17(27)22-16(14)26)20(30)19(29,18(21,28)15(11-25)32-20)24(31)9-8-13-6-4-3-5-7-13/h3-7,10,12,15,25,28-31H,8-9,11H2,1-2H3,(H,22,26,27)/t15-,18-,19-,20-/m1/s1. The zero-order valence-corrected chi connectivity index (χ0v) is 17.5. The van der Waals surface area contributed by atoms with E-state index in [0.29, 0.717) is 5.56 Å². The van der Waals surface area contributed by atoms with Crippen LogP contribution in [0.3, 0.4) is 0 Å². The molecule has 6 N–H and O–H groups in total. The van der Waals surface area contributed by atoms with Crippen LogP contribution in [0.4, 0.5) is 4.39 Å². The summed E-state index contributed by atoms with van der Waals surface area (Å²) in [5.41, 5.74) is -5.15. The zero-order chi connectivity index (χ0) is 23.9. The third-order valence-electron chi connectivity index (χ3n) is 5.59. The van der Waals surface area contributed by atoms with Crippen molar-refractivity contribution >= 4 is 0 Å². The van der Waals surface area contributed by atoms with Crippen LogP contribution in [0, 0.1) is 0 Å². The first-order chi connectivity index (χ1) is 14.9. The van der Waals surface area contributed by atoms with Crippen molar-refractivity contribution in [1.29, 1.82) is 0 Å². The van der Waals surface area contributed by atoms with E-state index in [4.69, 9.17) is 4.74 Å². The predicted molar refractivity (Wildman–Crippen MR) is 107 cm³/mol. The maximum atomic E-state index is 15.4. The van der Waals surface area contributed by atoms with E-state index in [0.717, 1.165) is 6.20 Å². The van der Waals surface area contributed by atoms with Gasteiger partial charge in [0.25, 0.3) is 17.1 Å². The number of aliphatic hydroxyl groups excluding tert-OH is 1. The van der Waals surface area contributed by atoms with Gasteiger partial charge in [-0.25, -0.2) is 13.8 Å². The van der Waals surface area contributed by atoms with Crippen LogP contribution in [0.25, 0.3) is 0 Å². The lowest BCUT2D eigenvalue weighted by molar-refractivity contribution is -0.433. The number of alkyl halides is 1. The first-order valence-electron chi connectivity index (χ1n) is 9.91. The molecule has 0 radical (unpaired) electrons. The van der Waals surface area contributed by atoms with Crippen LogP contribution in [0.2, 0.25) is 0 Å². The lowest BCUT2D eigenvalue weighted by Gasteiger charge is -2.43. The van der Waals surface area contributed by atoms with E-state index >= 15 is 4.39 Å². The summed E-state index contributed by atoms with van der Waals surface area (Å²) in [6.45, 7) is 1.46. The Morgan fingerprint density at radius 3 is 2.41 bits per heavy atom. The highest BCUT2D eigenvalue weighted by atomic mass is 19.2. The summed E-state index contributed by atoms with van der Waals surface area (Å²) in [6.07, 6.45) is -1.39. The molecule has 0 saturated carbocycles. The van der Waals surface area contributed by atoms with Crippen LogP contribution < -0.4 is 11.2 Å². The van der Waals surface area contributed by atoms with Crippen LogP contribution >= 0.6 is 0 Å². The number of ether oxygens (including phenoxy) is 1. The average Bonchev–Trinajstić information content (AvgIpc) is 2.90. The van der Waals surface area contributed by atoms with Crippen molar-refractivity contribution in [3.05, 3.63) is 68.5 Å². The van der Waals surface area contributed by atoms with Crippen molar-refractivity contribution in [2.75, 3.05) is 13.2 Å². The van der Waals surface area contributed by atoms with Crippen LogP contribution in [-0.4, -0.2) is 71.1 Å². The summed E-state index contributed by atoms with van der Waals surface area (Å²) in [5.74, 6) is -7.86. The van der Waals surface area contributed by atoms with Gasteiger partial charge in [0.2, 0.25) is 0 Å². The number of nitrogens with zero attached hydrogens (tertiary/aromatic N) is 2. The molecule has 3 rings (SSSR count). The molecule has 2 aromatic rings. The number of hydrogen-bond donors (Lipinski definition) is 6. The molecule has 0 unspecified atom stereocenters. The molecule has 1 aromatic heterocycles. The molecular formula is C20H26FN3O8. The number of aliphatic hydroxyl groups is 4. The highest BCUT2D eigenvalue weighted by molar-refractivity contribution is 5.17. The fourth-order valence-electron chi connectivity index (χ4n) is 3.71. The highest BCUT2D eigenvalue weighted by Gasteiger charge is 2.79. The van der Waals surface area contributed by atoms with E-state index in [2.05, 4.69) is 0 Å². The molecule has 11 nitrogen and oxygen atoms in total. The summed E-state index contributed by atoms with van der Waals surface area (Å²) in [5, 5.41) is 52.8. The molecule has 2 heterocycles. The lowest BCUT2D eigenvalue weighted by atomic mass is 9.97. The van der Waals surface area contributed by atoms with Crippen molar-refractivity contribution < 1.29 is 34.8 Å². The SMILES string of the molecule is CC(C)c1cn([C@]2(O)O[C@H](CO)[C@](O)(F)[C@]2(O)N(O)CCc2ccccc2)c(=O)[nH]c1=O. The molecule has 176 valence electrons. The molecule has 32 heavy (non-hydrogen) atoms. The Balaban J connectivity index is 2.13. The summed E-state index contributed by atoms with van der Waals surface area (Å²) < 4.78 is 20.7. The minimum atomic E-state index is -3.95. The van der Waals surface area contributed by atoms with Crippen molar-refractivity contribution in [3.8, 4) is 0 Å². The van der Waals surface area contributed by atoms with Gasteiger partial charge >= 0.3 is 11.6 Å². The van der Waals surface area contributed by atoms with Crippen molar-refractivity contribution in [1.82, 2.24) is 14.6 Å². The highest BCUT2D eigenvalue weighted by Crippen LogP contribution is 2.50. The predicted octanol–water partition coefficient (Wildman–Crippen LogP) is -1.07. The largest absolute Gasteiger partial charge is 0.393 e. The second-order valence-electron chi connectivity index (χ2n) is 7.97. The van der Waals surface area contributed by atoms with Gasteiger partial charge in [-0.05, 0) is 17.9 Å². The average molecular weight is 455 g/mol. The number of rotatable bonds is 7. The molecule has 0 amide bonds. The Morgan fingerprint density at radius 2 is 1.84 bits per heavy atom. The molecule has 12 heteroatoms. The molecule has 0 bridgehead atoms. The number of halogens is 1. The summed E-state index contributed by atoms with van der Waals surface area (Å²) in [7, 11) is 0. The Kier molecular flexibility index (Phi) is 6.41. The fourth-order valence-corrected chi connectivity index (χ4v) is 3.71. The third kappa shape index (κ3) is 3.59. The molecule has 4 atom stereocenters. The van der Waals surface area contributed by atoms with Crippen molar-refractivity contribution in [2.45, 2.75) is 49.8 Å². The van der Waals surface area contributed by atoms with Crippen LogP contribution in [0.15, 0.2) is 46.1 Å². The van der Waals surface area contributed by atoms with E-state index in [-0.39, 0.29) is 21.6 Å². The van der Waals surface area contributed by atoms with Gasteiger partial charge in [-0.1, -0.05) is 44.2 Å². The number of hydroxylamine groups is 2. The maximum absolute atomic E-state index is 15.4. The van der Waals surface area contributed by atoms with Crippen molar-refractivity contribution in [2.24, 2.45) is 0 Å². The summed E-state index contributed by atoms with van der Waals surface area (Å²) >= 11 is 0. The third-order valence-corrected chi connectivity index (χ3v) is 5.59. The number of aromatic amines is 1. The van der Waals surface area contributed by atoms with Crippen LogP contribution in [-0.2, 0) is 17.1 Å². The Bertz CT molecular complexity index is 1070. The smallest absolute Gasteiger partial charge is 0.332 e. The second-order valence-corrected chi connectivity index (χ2v) is 7.97. The quantitative estimate of drug-likeness (QED) is 0.225. The molecule has 1 fully saturated rings. The number of H-pyrrole nitrogens is 1. The van der Waals surface area contributed by atoms with E-state index in [1.807, 2.05) is 4.98 Å². The van der Waals surface area contributed by atoms with Crippen LogP contribution in [0.5, 0.6) is 0 Å². The van der Waals surface area contributed by atoms with Gasteiger partial charge in [0.15, 0.2) is 0 Å². The number of aromatic nitrogens is 2. The van der Waals surface area contributed by atoms with Gasteiger partial charge < -0.3 is 30.4 Å². The fraction of sp³-hybridized carbons (Fsp3) is 0.500. The normalized spacial score (nSPS) is 30.4. The lowest BCUT2D eigenvalue weighted by Crippen LogP contribution is -2.72. The van der Waals surface area contributed by atoms with Gasteiger partial charge in [-0.2, -0.15) is 0 Å². The molecule has 1 aliphatic heterocycles. The molecule has 1 saturated heterocycles.